The van der Waals surface area contributed by atoms with Crippen LogP contribution in [-0.4, -0.2) is 21.7 Å². The molecule has 6 nitrogen and oxygen atoms in total. The molecular formula is C22H12ClN3O3Pt. The maximum Gasteiger partial charge on any atom is 0.265 e. The largest absolute Gasteiger partial charge is 0.500 e. The minimum atomic E-state index is 0.226. The minimum Gasteiger partial charge on any atom is -0.500 e. The standard InChI is InChI=1S/C22H12N3O3.ClH.Pt/c1-2-6-16-14(4-1)11-23-21(24-16)22-25-20-15(5-3-7-18(20)28-22)13-8-9-17-19(10-13)27-12-26-17;;/h1-7,9-11H,12H2;1H;/q-1;;+2/p-1. The van der Waals surface area contributed by atoms with Crippen molar-refractivity contribution in [2.24, 2.45) is 0 Å². The van der Waals surface area contributed by atoms with Gasteiger partial charge in [-0.3, -0.25) is 0 Å². The van der Waals surface area contributed by atoms with Crippen LogP contribution < -0.4 is 9.47 Å². The molecule has 0 unspecified atom stereocenters. The van der Waals surface area contributed by atoms with Gasteiger partial charge in [-0.05, 0) is 12.1 Å². The van der Waals surface area contributed by atoms with E-state index in [1.54, 1.807) is 31.0 Å². The van der Waals surface area contributed by atoms with E-state index in [9.17, 15) is 0 Å². The number of hydrogen-bond acceptors (Lipinski definition) is 6. The zero-order chi connectivity index (χ0) is 20.5. The summed E-state index contributed by atoms with van der Waals surface area (Å²) in [5.74, 6) is 2.23. The van der Waals surface area contributed by atoms with Crippen molar-refractivity contribution in [2.75, 3.05) is 6.79 Å². The van der Waals surface area contributed by atoms with Crippen LogP contribution in [0.2, 0.25) is 0 Å². The van der Waals surface area contributed by atoms with Gasteiger partial charge in [-0.1, -0.05) is 42.0 Å². The fourth-order valence-corrected chi connectivity index (χ4v) is 3.33. The van der Waals surface area contributed by atoms with E-state index in [2.05, 4.69) is 30.4 Å². The van der Waals surface area contributed by atoms with Gasteiger partial charge in [0.05, 0.1) is 22.5 Å². The first kappa shape index (κ1) is 19.0. The van der Waals surface area contributed by atoms with E-state index >= 15 is 0 Å². The van der Waals surface area contributed by atoms with E-state index in [4.69, 9.17) is 13.9 Å². The summed E-state index contributed by atoms with van der Waals surface area (Å²) in [4.78, 5) is 13.7. The molecular weight excluding hydrogens is 585 g/mol. The fraction of sp³-hybridized carbons (Fsp3) is 0.0455. The van der Waals surface area contributed by atoms with Gasteiger partial charge >= 0.3 is 28.2 Å². The zero-order valence-corrected chi connectivity index (χ0v) is 18.3. The quantitative estimate of drug-likeness (QED) is 0.257. The Balaban J connectivity index is 0.000000937. The Morgan fingerprint density at radius 1 is 0.967 bits per heavy atom. The van der Waals surface area contributed by atoms with Gasteiger partial charge in [0.25, 0.3) is 5.89 Å². The zero-order valence-electron chi connectivity index (χ0n) is 15.2. The second-order valence-electron chi connectivity index (χ2n) is 6.41. The molecule has 0 spiro atoms. The molecule has 3 aromatic carbocycles. The van der Waals surface area contributed by atoms with Gasteiger partial charge in [0.15, 0.2) is 0 Å². The molecule has 6 rings (SSSR count). The molecule has 0 saturated heterocycles. The van der Waals surface area contributed by atoms with Crippen LogP contribution in [0.1, 0.15) is 0 Å². The van der Waals surface area contributed by atoms with Crippen LogP contribution in [0.3, 0.4) is 0 Å². The Hall–Kier alpha value is -2.95. The monoisotopic (exact) mass is 596 g/mol. The molecule has 0 amide bonds. The predicted molar refractivity (Wildman–Crippen MR) is 109 cm³/mol. The summed E-state index contributed by atoms with van der Waals surface area (Å²) in [6, 6.07) is 20.5. The van der Waals surface area contributed by atoms with Crippen molar-refractivity contribution in [2.45, 2.75) is 0 Å². The first-order chi connectivity index (χ1) is 14.8. The third kappa shape index (κ3) is 3.32. The molecule has 0 radical (unpaired) electrons. The van der Waals surface area contributed by atoms with E-state index < -0.39 is 0 Å². The number of rotatable bonds is 2. The third-order valence-corrected chi connectivity index (χ3v) is 4.70. The summed E-state index contributed by atoms with van der Waals surface area (Å²) in [6.07, 6.45) is 1.78. The van der Waals surface area contributed by atoms with Crippen molar-refractivity contribution in [3.05, 3.63) is 66.9 Å². The van der Waals surface area contributed by atoms with Crippen molar-refractivity contribution < 1.29 is 32.7 Å². The Bertz CT molecular complexity index is 1370. The second kappa shape index (κ2) is 8.05. The number of fused-ring (bicyclic) bond motifs is 3. The first-order valence-corrected chi connectivity index (χ1v) is 11.7. The molecule has 5 aromatic rings. The third-order valence-electron chi connectivity index (χ3n) is 4.70. The molecule has 0 saturated carbocycles. The van der Waals surface area contributed by atoms with Crippen LogP contribution in [0.15, 0.2) is 65.2 Å². The molecule has 0 N–H and O–H groups in total. The van der Waals surface area contributed by atoms with Crippen LogP contribution in [0.25, 0.3) is 44.8 Å². The average Bonchev–Trinajstić information content (AvgIpc) is 3.46. The van der Waals surface area contributed by atoms with Crippen LogP contribution >= 0.6 is 9.42 Å². The molecule has 1 aliphatic heterocycles. The maximum absolute atomic E-state index is 5.95. The summed E-state index contributed by atoms with van der Waals surface area (Å²) < 4.78 is 16.8. The molecule has 0 bridgehead atoms. The summed E-state index contributed by atoms with van der Waals surface area (Å²) in [7, 11) is 4.61. The normalized spacial score (nSPS) is 12.1. The van der Waals surface area contributed by atoms with Crippen LogP contribution in [0.5, 0.6) is 11.5 Å². The Kier molecular flexibility index (Phi) is 5.11. The molecule has 0 aliphatic carbocycles. The number of aromatic nitrogens is 3. The molecule has 8 heteroatoms. The number of halogens is 1. The van der Waals surface area contributed by atoms with E-state index in [0.29, 0.717) is 28.8 Å². The number of hydrogen-bond donors (Lipinski definition) is 0. The molecule has 1 aliphatic rings. The van der Waals surface area contributed by atoms with E-state index in [1.165, 1.54) is 0 Å². The Morgan fingerprint density at radius 3 is 2.77 bits per heavy atom. The van der Waals surface area contributed by atoms with E-state index in [0.717, 1.165) is 27.5 Å². The smallest absolute Gasteiger partial charge is 0.265 e. The van der Waals surface area contributed by atoms with Gasteiger partial charge in [-0.25, -0.2) is 15.0 Å². The van der Waals surface area contributed by atoms with Gasteiger partial charge in [-0.2, -0.15) is 0 Å². The number of para-hydroxylation sites is 2. The van der Waals surface area contributed by atoms with Crippen molar-refractivity contribution in [3.63, 3.8) is 0 Å². The SMILES string of the molecule is [Cl][Pt+].[c-]1cc2c(cc1-c1cccc3oc(-c4ncc5ccccc5n4)nc13)OCO2. The van der Waals surface area contributed by atoms with Crippen molar-refractivity contribution in [1.82, 2.24) is 15.0 Å². The van der Waals surface area contributed by atoms with Gasteiger partial charge in [0.1, 0.15) is 5.58 Å². The summed E-state index contributed by atoms with van der Waals surface area (Å²) >= 11 is 1.61. The number of nitrogens with zero attached hydrogens (tertiary/aromatic N) is 3. The van der Waals surface area contributed by atoms with Crippen LogP contribution in [0.4, 0.5) is 0 Å². The van der Waals surface area contributed by atoms with Crippen molar-refractivity contribution >= 4 is 31.4 Å². The summed E-state index contributed by atoms with van der Waals surface area (Å²) in [5, 5.41) is 0.970. The number of ether oxygens (including phenoxy) is 2. The average molecular weight is 597 g/mol. The Labute approximate surface area is 186 Å². The fourth-order valence-electron chi connectivity index (χ4n) is 3.33. The van der Waals surface area contributed by atoms with Crippen molar-refractivity contribution in [3.8, 4) is 34.3 Å². The molecule has 150 valence electrons. The number of oxazole rings is 1. The van der Waals surface area contributed by atoms with Gasteiger partial charge in [0.2, 0.25) is 12.6 Å². The van der Waals surface area contributed by atoms with Crippen LogP contribution in [0, 0.1) is 6.07 Å². The van der Waals surface area contributed by atoms with Gasteiger partial charge in [0, 0.05) is 11.6 Å². The van der Waals surface area contributed by atoms with Gasteiger partial charge < -0.3 is 13.9 Å². The second-order valence-corrected chi connectivity index (χ2v) is 6.41. The molecule has 3 heterocycles. The minimum absolute atomic E-state index is 0.226. The Morgan fingerprint density at radius 2 is 1.83 bits per heavy atom. The predicted octanol–water partition coefficient (Wildman–Crippen LogP) is 5.32. The molecule has 30 heavy (non-hydrogen) atoms. The molecule has 0 fully saturated rings. The maximum atomic E-state index is 5.95. The van der Waals surface area contributed by atoms with Crippen LogP contribution in [-0.2, 0) is 18.8 Å². The van der Waals surface area contributed by atoms with Gasteiger partial charge in [-0.15, -0.1) is 17.7 Å². The van der Waals surface area contributed by atoms with E-state index in [-0.39, 0.29) is 6.79 Å². The molecule has 0 atom stereocenters. The van der Waals surface area contributed by atoms with Crippen molar-refractivity contribution in [1.29, 1.82) is 0 Å². The van der Waals surface area contributed by atoms with E-state index in [1.807, 2.05) is 48.5 Å². The summed E-state index contributed by atoms with van der Waals surface area (Å²) in [6.45, 7) is 0.226. The number of benzene rings is 3. The molecule has 2 aromatic heterocycles. The topological polar surface area (TPSA) is 70.3 Å². The summed E-state index contributed by atoms with van der Waals surface area (Å²) in [5.41, 5.74) is 3.99. The first-order valence-electron chi connectivity index (χ1n) is 8.90.